The number of hydrogen-bond acceptors (Lipinski definition) is 5. The van der Waals surface area contributed by atoms with E-state index in [-0.39, 0.29) is 13.2 Å². The van der Waals surface area contributed by atoms with Gasteiger partial charge in [-0.15, -0.1) is 0 Å². The fraction of sp³-hybridized carbons (Fsp3) is 0.308. The molecule has 0 saturated carbocycles. The van der Waals surface area contributed by atoms with Crippen molar-refractivity contribution in [1.82, 2.24) is 4.98 Å². The molecule has 0 spiro atoms. The Bertz CT molecular complexity index is 527. The number of rotatable bonds is 5. The van der Waals surface area contributed by atoms with Crippen LogP contribution in [-0.2, 0) is 6.54 Å². The smallest absolute Gasteiger partial charge is 0.127 e. The van der Waals surface area contributed by atoms with Crippen molar-refractivity contribution in [2.75, 3.05) is 18.5 Å². The van der Waals surface area contributed by atoms with Crippen LogP contribution in [0.3, 0.4) is 0 Å². The molecular formula is C13H17N3O2. The van der Waals surface area contributed by atoms with Crippen LogP contribution in [0.2, 0.25) is 0 Å². The lowest BCUT2D eigenvalue weighted by Crippen LogP contribution is -2.28. The Hall–Kier alpha value is -1.69. The van der Waals surface area contributed by atoms with Gasteiger partial charge in [-0.05, 0) is 17.7 Å². The second kappa shape index (κ2) is 5.77. The molecule has 0 unspecified atom stereocenters. The summed E-state index contributed by atoms with van der Waals surface area (Å²) < 4.78 is 0. The fourth-order valence-electron chi connectivity index (χ4n) is 1.85. The summed E-state index contributed by atoms with van der Waals surface area (Å²) in [6.45, 7) is 0.118. The third-order valence-electron chi connectivity index (χ3n) is 2.81. The van der Waals surface area contributed by atoms with Gasteiger partial charge in [0.1, 0.15) is 5.82 Å². The maximum absolute atomic E-state index is 9.05. The van der Waals surface area contributed by atoms with E-state index in [0.29, 0.717) is 12.4 Å². The number of aliphatic hydroxyl groups is 2. The first kappa shape index (κ1) is 12.8. The minimum absolute atomic E-state index is 0.150. The standard InChI is InChI=1S/C13H17N3O2/c14-6-9-5-13(15-10(7-17)8-18)16-12-4-2-1-3-11(9)12/h1-5,10,17-18H,6-8,14H2,(H,15,16). The van der Waals surface area contributed by atoms with Crippen molar-refractivity contribution in [3.05, 3.63) is 35.9 Å². The summed E-state index contributed by atoms with van der Waals surface area (Å²) >= 11 is 0. The lowest BCUT2D eigenvalue weighted by Gasteiger charge is -2.15. The molecule has 0 saturated heterocycles. The third kappa shape index (κ3) is 2.59. The summed E-state index contributed by atoms with van der Waals surface area (Å²) in [6.07, 6.45) is 0. The van der Waals surface area contributed by atoms with Crippen molar-refractivity contribution in [2.24, 2.45) is 5.73 Å². The number of nitrogens with one attached hydrogen (secondary N) is 1. The number of aromatic nitrogens is 1. The molecule has 0 aliphatic carbocycles. The molecule has 5 heteroatoms. The lowest BCUT2D eigenvalue weighted by molar-refractivity contribution is 0.203. The monoisotopic (exact) mass is 247 g/mol. The van der Waals surface area contributed by atoms with E-state index in [4.69, 9.17) is 15.9 Å². The first-order valence-electron chi connectivity index (χ1n) is 5.85. The molecule has 2 rings (SSSR count). The number of nitrogens with two attached hydrogens (primary N) is 1. The Labute approximate surface area is 105 Å². The van der Waals surface area contributed by atoms with Crippen molar-refractivity contribution in [3.8, 4) is 0 Å². The molecule has 18 heavy (non-hydrogen) atoms. The van der Waals surface area contributed by atoms with Gasteiger partial charge in [0, 0.05) is 11.9 Å². The molecule has 5 N–H and O–H groups in total. The zero-order chi connectivity index (χ0) is 13.0. The van der Waals surface area contributed by atoms with Crippen molar-refractivity contribution in [3.63, 3.8) is 0 Å². The van der Waals surface area contributed by atoms with Gasteiger partial charge in [0.2, 0.25) is 0 Å². The van der Waals surface area contributed by atoms with Crippen LogP contribution in [0.25, 0.3) is 10.9 Å². The Kier molecular flexibility index (Phi) is 4.09. The Morgan fingerprint density at radius 1 is 1.22 bits per heavy atom. The molecule has 2 aromatic rings. The number of para-hydroxylation sites is 1. The minimum Gasteiger partial charge on any atom is -0.394 e. The van der Waals surface area contributed by atoms with Gasteiger partial charge in [0.15, 0.2) is 0 Å². The van der Waals surface area contributed by atoms with Crippen LogP contribution in [-0.4, -0.2) is 34.5 Å². The van der Waals surface area contributed by atoms with E-state index in [1.807, 2.05) is 30.3 Å². The van der Waals surface area contributed by atoms with Gasteiger partial charge in [0.25, 0.3) is 0 Å². The van der Waals surface area contributed by atoms with Crippen molar-refractivity contribution in [1.29, 1.82) is 0 Å². The highest BCUT2D eigenvalue weighted by atomic mass is 16.3. The van der Waals surface area contributed by atoms with Crippen molar-refractivity contribution < 1.29 is 10.2 Å². The van der Waals surface area contributed by atoms with E-state index in [1.54, 1.807) is 0 Å². The van der Waals surface area contributed by atoms with E-state index in [2.05, 4.69) is 10.3 Å². The largest absolute Gasteiger partial charge is 0.394 e. The van der Waals surface area contributed by atoms with Crippen LogP contribution < -0.4 is 11.1 Å². The van der Waals surface area contributed by atoms with E-state index in [1.165, 1.54) is 0 Å². The number of benzene rings is 1. The Morgan fingerprint density at radius 3 is 2.61 bits per heavy atom. The van der Waals surface area contributed by atoms with Gasteiger partial charge < -0.3 is 21.3 Å². The molecule has 0 amide bonds. The highest BCUT2D eigenvalue weighted by Gasteiger charge is 2.09. The van der Waals surface area contributed by atoms with Gasteiger partial charge in [-0.25, -0.2) is 4.98 Å². The first-order valence-corrected chi connectivity index (χ1v) is 5.85. The number of pyridine rings is 1. The van der Waals surface area contributed by atoms with Gasteiger partial charge >= 0.3 is 0 Å². The Morgan fingerprint density at radius 2 is 1.94 bits per heavy atom. The summed E-state index contributed by atoms with van der Waals surface area (Å²) in [7, 11) is 0. The quantitative estimate of drug-likeness (QED) is 0.616. The van der Waals surface area contributed by atoms with Crippen LogP contribution in [0.1, 0.15) is 5.56 Å². The number of hydrogen-bond donors (Lipinski definition) is 4. The number of aliphatic hydroxyl groups excluding tert-OH is 2. The highest BCUT2D eigenvalue weighted by Crippen LogP contribution is 2.20. The average molecular weight is 247 g/mol. The van der Waals surface area contributed by atoms with Crippen molar-refractivity contribution in [2.45, 2.75) is 12.6 Å². The number of fused-ring (bicyclic) bond motifs is 1. The predicted octanol–water partition coefficient (Wildman–Crippen LogP) is 0.459. The average Bonchev–Trinajstić information content (AvgIpc) is 2.43. The molecule has 5 nitrogen and oxygen atoms in total. The van der Waals surface area contributed by atoms with E-state index >= 15 is 0 Å². The fourth-order valence-corrected chi connectivity index (χ4v) is 1.85. The third-order valence-corrected chi connectivity index (χ3v) is 2.81. The molecule has 0 atom stereocenters. The van der Waals surface area contributed by atoms with Gasteiger partial charge in [-0.1, -0.05) is 18.2 Å². The van der Waals surface area contributed by atoms with Crippen LogP contribution in [0, 0.1) is 0 Å². The first-order chi connectivity index (χ1) is 8.78. The molecule has 0 radical (unpaired) electrons. The summed E-state index contributed by atoms with van der Waals surface area (Å²) in [4.78, 5) is 4.43. The highest BCUT2D eigenvalue weighted by molar-refractivity contribution is 5.84. The van der Waals surface area contributed by atoms with Crippen LogP contribution in [0.4, 0.5) is 5.82 Å². The molecule has 0 aliphatic heterocycles. The number of nitrogens with zero attached hydrogens (tertiary/aromatic N) is 1. The van der Waals surface area contributed by atoms with Crippen LogP contribution in [0.5, 0.6) is 0 Å². The lowest BCUT2D eigenvalue weighted by atomic mass is 10.1. The Balaban J connectivity index is 2.40. The van der Waals surface area contributed by atoms with E-state index < -0.39 is 6.04 Å². The summed E-state index contributed by atoms with van der Waals surface area (Å²) in [6, 6.07) is 9.18. The molecule has 96 valence electrons. The predicted molar refractivity (Wildman–Crippen MR) is 71.2 cm³/mol. The molecule has 1 aromatic heterocycles. The van der Waals surface area contributed by atoms with Gasteiger partial charge in [0.05, 0.1) is 24.8 Å². The van der Waals surface area contributed by atoms with E-state index in [9.17, 15) is 0 Å². The second-order valence-electron chi connectivity index (χ2n) is 4.09. The molecule has 0 aliphatic rings. The number of anilines is 1. The zero-order valence-electron chi connectivity index (χ0n) is 10.0. The zero-order valence-corrected chi connectivity index (χ0v) is 10.0. The van der Waals surface area contributed by atoms with Crippen molar-refractivity contribution >= 4 is 16.7 Å². The summed E-state index contributed by atoms with van der Waals surface area (Å²) in [5.74, 6) is 0.613. The maximum Gasteiger partial charge on any atom is 0.127 e. The maximum atomic E-state index is 9.05. The summed E-state index contributed by atoms with van der Waals surface area (Å²) in [5, 5.41) is 22.1. The molecule has 1 heterocycles. The van der Waals surface area contributed by atoms with E-state index in [0.717, 1.165) is 16.5 Å². The molecule has 1 aromatic carbocycles. The van der Waals surface area contributed by atoms with Gasteiger partial charge in [-0.2, -0.15) is 0 Å². The second-order valence-corrected chi connectivity index (χ2v) is 4.09. The SMILES string of the molecule is NCc1cc(NC(CO)CO)nc2ccccc12. The van der Waals surface area contributed by atoms with Crippen LogP contribution in [0.15, 0.2) is 30.3 Å². The molecular weight excluding hydrogens is 230 g/mol. The summed E-state index contributed by atoms with van der Waals surface area (Å²) in [5.41, 5.74) is 7.56. The van der Waals surface area contributed by atoms with Crippen LogP contribution >= 0.6 is 0 Å². The normalized spacial score (nSPS) is 11.1. The minimum atomic E-state index is -0.413. The van der Waals surface area contributed by atoms with Gasteiger partial charge in [-0.3, -0.25) is 0 Å². The molecule has 0 bridgehead atoms. The topological polar surface area (TPSA) is 91.4 Å². The molecule has 0 fully saturated rings.